The zero-order valence-electron chi connectivity index (χ0n) is 10.8. The van der Waals surface area contributed by atoms with Crippen LogP contribution in [0.15, 0.2) is 0 Å². The Bertz CT molecular complexity index is 269. The predicted molar refractivity (Wildman–Crippen MR) is 65.2 cm³/mol. The van der Waals surface area contributed by atoms with E-state index in [0.29, 0.717) is 17.4 Å². The molecule has 0 spiro atoms. The third-order valence-electron chi connectivity index (χ3n) is 4.00. The van der Waals surface area contributed by atoms with Crippen LogP contribution < -0.4 is 5.32 Å². The van der Waals surface area contributed by atoms with Gasteiger partial charge in [0, 0.05) is 19.1 Å². The number of amides is 1. The molecule has 1 aliphatic carbocycles. The van der Waals surface area contributed by atoms with Gasteiger partial charge < -0.3 is 10.2 Å². The van der Waals surface area contributed by atoms with E-state index in [1.807, 2.05) is 11.8 Å². The van der Waals surface area contributed by atoms with Crippen LogP contribution in [0.4, 0.5) is 0 Å². The standard InChI is InChI=1S/C13H24N2O/c1-10(14-11-9-13(11,2)3)12(16)15-7-5-4-6-8-15/h10-11,14H,4-9H2,1-3H3. The van der Waals surface area contributed by atoms with Crippen LogP contribution in [0.3, 0.4) is 0 Å². The molecule has 92 valence electrons. The third kappa shape index (κ3) is 2.57. The molecule has 1 saturated carbocycles. The lowest BCUT2D eigenvalue weighted by Gasteiger charge is -2.29. The second kappa shape index (κ2) is 4.36. The van der Waals surface area contributed by atoms with E-state index in [1.54, 1.807) is 0 Å². The predicted octanol–water partition coefficient (Wildman–Crippen LogP) is 1.78. The van der Waals surface area contributed by atoms with Crippen LogP contribution in [0.1, 0.15) is 46.5 Å². The number of nitrogens with one attached hydrogen (secondary N) is 1. The van der Waals surface area contributed by atoms with Crippen LogP contribution in [0, 0.1) is 5.41 Å². The van der Waals surface area contributed by atoms with Crippen molar-refractivity contribution in [2.75, 3.05) is 13.1 Å². The topological polar surface area (TPSA) is 32.3 Å². The maximum absolute atomic E-state index is 12.1. The Labute approximate surface area is 98.6 Å². The van der Waals surface area contributed by atoms with Gasteiger partial charge in [-0.25, -0.2) is 0 Å². The molecule has 2 atom stereocenters. The average molecular weight is 224 g/mol. The van der Waals surface area contributed by atoms with Gasteiger partial charge in [-0.2, -0.15) is 0 Å². The Morgan fingerprint density at radius 3 is 2.38 bits per heavy atom. The van der Waals surface area contributed by atoms with Crippen LogP contribution >= 0.6 is 0 Å². The minimum atomic E-state index is -0.00938. The van der Waals surface area contributed by atoms with Crippen molar-refractivity contribution < 1.29 is 4.79 Å². The van der Waals surface area contributed by atoms with E-state index in [4.69, 9.17) is 0 Å². The van der Waals surface area contributed by atoms with Gasteiger partial charge in [0.2, 0.25) is 5.91 Å². The maximum Gasteiger partial charge on any atom is 0.239 e. The van der Waals surface area contributed by atoms with E-state index in [2.05, 4.69) is 19.2 Å². The molecule has 3 heteroatoms. The largest absolute Gasteiger partial charge is 0.341 e. The molecule has 0 aromatic carbocycles. The Morgan fingerprint density at radius 1 is 1.31 bits per heavy atom. The fourth-order valence-electron chi connectivity index (χ4n) is 2.51. The Hall–Kier alpha value is -0.570. The summed E-state index contributed by atoms with van der Waals surface area (Å²) in [5.74, 6) is 0.294. The number of piperidine rings is 1. The molecule has 0 aromatic rings. The van der Waals surface area contributed by atoms with Crippen molar-refractivity contribution in [3.05, 3.63) is 0 Å². The first-order chi connectivity index (χ1) is 7.50. The molecule has 1 heterocycles. The molecule has 1 saturated heterocycles. The lowest BCUT2D eigenvalue weighted by Crippen LogP contribution is -2.47. The Morgan fingerprint density at radius 2 is 1.88 bits per heavy atom. The third-order valence-corrected chi connectivity index (χ3v) is 4.00. The van der Waals surface area contributed by atoms with Crippen LogP contribution in [0.5, 0.6) is 0 Å². The summed E-state index contributed by atoms with van der Waals surface area (Å²) in [6, 6.07) is 0.529. The number of likely N-dealkylation sites (tertiary alicyclic amines) is 1. The van der Waals surface area contributed by atoms with Crippen molar-refractivity contribution in [1.82, 2.24) is 10.2 Å². The fraction of sp³-hybridized carbons (Fsp3) is 0.923. The van der Waals surface area contributed by atoms with Crippen molar-refractivity contribution in [3.63, 3.8) is 0 Å². The van der Waals surface area contributed by atoms with Gasteiger partial charge in [-0.05, 0) is 38.0 Å². The van der Waals surface area contributed by atoms with E-state index >= 15 is 0 Å². The maximum atomic E-state index is 12.1. The van der Waals surface area contributed by atoms with Crippen LogP contribution in [-0.2, 0) is 4.79 Å². The zero-order chi connectivity index (χ0) is 11.8. The molecule has 2 rings (SSSR count). The lowest BCUT2D eigenvalue weighted by atomic mass is 10.1. The number of hydrogen-bond donors (Lipinski definition) is 1. The van der Waals surface area contributed by atoms with Gasteiger partial charge in [-0.15, -0.1) is 0 Å². The highest BCUT2D eigenvalue weighted by Crippen LogP contribution is 2.44. The Balaban J connectivity index is 1.80. The van der Waals surface area contributed by atoms with Gasteiger partial charge >= 0.3 is 0 Å². The summed E-state index contributed by atoms with van der Waals surface area (Å²) in [5.41, 5.74) is 0.399. The molecular weight excluding hydrogens is 200 g/mol. The fourth-order valence-corrected chi connectivity index (χ4v) is 2.51. The molecule has 2 unspecified atom stereocenters. The van der Waals surface area contributed by atoms with Crippen molar-refractivity contribution in [1.29, 1.82) is 0 Å². The molecule has 0 aromatic heterocycles. The van der Waals surface area contributed by atoms with E-state index < -0.39 is 0 Å². The monoisotopic (exact) mass is 224 g/mol. The molecule has 2 aliphatic rings. The van der Waals surface area contributed by atoms with Gasteiger partial charge in [0.15, 0.2) is 0 Å². The molecule has 0 radical (unpaired) electrons. The first-order valence-electron chi connectivity index (χ1n) is 6.55. The van der Waals surface area contributed by atoms with E-state index in [1.165, 1.54) is 25.7 Å². The van der Waals surface area contributed by atoms with Crippen molar-refractivity contribution in [2.24, 2.45) is 5.41 Å². The molecule has 0 bridgehead atoms. The summed E-state index contributed by atoms with van der Waals surface area (Å²) in [7, 11) is 0. The first-order valence-corrected chi connectivity index (χ1v) is 6.55. The number of rotatable bonds is 3. The zero-order valence-corrected chi connectivity index (χ0v) is 10.8. The van der Waals surface area contributed by atoms with Crippen molar-refractivity contribution >= 4 is 5.91 Å². The molecule has 1 aliphatic heterocycles. The highest BCUT2D eigenvalue weighted by Gasteiger charge is 2.46. The summed E-state index contributed by atoms with van der Waals surface area (Å²) in [6.07, 6.45) is 4.83. The average Bonchev–Trinajstić information content (AvgIpc) is 2.86. The molecule has 3 nitrogen and oxygen atoms in total. The molecule has 16 heavy (non-hydrogen) atoms. The van der Waals surface area contributed by atoms with Gasteiger partial charge in [0.05, 0.1) is 6.04 Å². The van der Waals surface area contributed by atoms with Crippen LogP contribution in [0.25, 0.3) is 0 Å². The van der Waals surface area contributed by atoms with Gasteiger partial charge in [-0.3, -0.25) is 4.79 Å². The van der Waals surface area contributed by atoms with Gasteiger partial charge in [0.1, 0.15) is 0 Å². The highest BCUT2D eigenvalue weighted by molar-refractivity contribution is 5.81. The summed E-state index contributed by atoms with van der Waals surface area (Å²) in [5, 5.41) is 3.45. The van der Waals surface area contributed by atoms with Gasteiger partial charge in [-0.1, -0.05) is 13.8 Å². The molecule has 2 fully saturated rings. The second-order valence-corrected chi connectivity index (χ2v) is 6.02. The highest BCUT2D eigenvalue weighted by atomic mass is 16.2. The molecular formula is C13H24N2O. The summed E-state index contributed by atoms with van der Waals surface area (Å²) in [6.45, 7) is 8.43. The number of carbonyl (C=O) groups is 1. The summed E-state index contributed by atoms with van der Waals surface area (Å²) < 4.78 is 0. The number of hydrogen-bond acceptors (Lipinski definition) is 2. The van der Waals surface area contributed by atoms with E-state index in [0.717, 1.165) is 13.1 Å². The Kier molecular flexibility index (Phi) is 3.24. The van der Waals surface area contributed by atoms with Gasteiger partial charge in [0.25, 0.3) is 0 Å². The summed E-state index contributed by atoms with van der Waals surface area (Å²) in [4.78, 5) is 14.2. The summed E-state index contributed by atoms with van der Waals surface area (Å²) >= 11 is 0. The van der Waals surface area contributed by atoms with Crippen molar-refractivity contribution in [2.45, 2.75) is 58.5 Å². The van der Waals surface area contributed by atoms with Crippen LogP contribution in [0.2, 0.25) is 0 Å². The van der Waals surface area contributed by atoms with Crippen LogP contribution in [-0.4, -0.2) is 36.0 Å². The minimum absolute atomic E-state index is 0.00938. The SMILES string of the molecule is CC(NC1CC1(C)C)C(=O)N1CCCCC1. The normalized spacial score (nSPS) is 29.9. The van der Waals surface area contributed by atoms with Crippen molar-refractivity contribution in [3.8, 4) is 0 Å². The number of carbonyl (C=O) groups excluding carboxylic acids is 1. The first kappa shape index (κ1) is 11.9. The second-order valence-electron chi connectivity index (χ2n) is 6.02. The quantitative estimate of drug-likeness (QED) is 0.792. The lowest BCUT2D eigenvalue weighted by molar-refractivity contribution is -0.134. The number of nitrogens with zero attached hydrogens (tertiary/aromatic N) is 1. The van der Waals surface area contributed by atoms with E-state index in [-0.39, 0.29) is 6.04 Å². The molecule has 1 amide bonds. The van der Waals surface area contributed by atoms with E-state index in [9.17, 15) is 4.79 Å². The molecule has 1 N–H and O–H groups in total. The smallest absolute Gasteiger partial charge is 0.239 e. The minimum Gasteiger partial charge on any atom is -0.341 e.